The van der Waals surface area contributed by atoms with E-state index in [2.05, 4.69) is 10.3 Å². The van der Waals surface area contributed by atoms with Crippen LogP contribution in [0.1, 0.15) is 12.8 Å². The Balaban J connectivity index is 1.87. The van der Waals surface area contributed by atoms with Crippen molar-refractivity contribution in [2.24, 2.45) is 0 Å². The van der Waals surface area contributed by atoms with Crippen molar-refractivity contribution in [3.05, 3.63) is 18.7 Å². The average molecular weight is 209 g/mol. The second kappa shape index (κ2) is 4.12. The zero-order valence-corrected chi connectivity index (χ0v) is 8.05. The molecule has 2 rings (SSSR count). The minimum absolute atomic E-state index is 0.00456. The minimum atomic E-state index is -0.464. The van der Waals surface area contributed by atoms with E-state index >= 15 is 0 Å². The summed E-state index contributed by atoms with van der Waals surface area (Å²) in [5, 5.41) is 2.64. The molecule has 0 spiro atoms. The molecule has 1 saturated heterocycles. The molecule has 1 unspecified atom stereocenters. The molecule has 15 heavy (non-hydrogen) atoms. The highest BCUT2D eigenvalue weighted by Crippen LogP contribution is 2.08. The van der Waals surface area contributed by atoms with Crippen molar-refractivity contribution in [2.45, 2.75) is 18.9 Å². The SMILES string of the molecule is O=C1CCC(OC(=O)n2ccnc2)CN1. The predicted octanol–water partition coefficient (Wildman–Crippen LogP) is 0.146. The number of nitrogens with one attached hydrogen (secondary N) is 1. The molecule has 0 radical (unpaired) electrons. The van der Waals surface area contributed by atoms with Gasteiger partial charge in [-0.05, 0) is 6.42 Å². The summed E-state index contributed by atoms with van der Waals surface area (Å²) < 4.78 is 6.41. The van der Waals surface area contributed by atoms with Gasteiger partial charge in [-0.3, -0.25) is 4.79 Å². The number of piperidine rings is 1. The van der Waals surface area contributed by atoms with Crippen LogP contribution in [0.3, 0.4) is 0 Å². The van der Waals surface area contributed by atoms with Gasteiger partial charge in [-0.15, -0.1) is 0 Å². The molecule has 1 fully saturated rings. The van der Waals surface area contributed by atoms with Crippen LogP contribution < -0.4 is 5.32 Å². The molecule has 2 heterocycles. The van der Waals surface area contributed by atoms with E-state index in [4.69, 9.17) is 4.74 Å². The number of imidazole rings is 1. The molecule has 6 nitrogen and oxygen atoms in total. The van der Waals surface area contributed by atoms with E-state index in [0.29, 0.717) is 19.4 Å². The van der Waals surface area contributed by atoms with Gasteiger partial charge in [0, 0.05) is 18.8 Å². The first-order valence-corrected chi connectivity index (χ1v) is 4.71. The molecular formula is C9H11N3O3. The second-order valence-corrected chi connectivity index (χ2v) is 3.32. The van der Waals surface area contributed by atoms with Crippen LogP contribution in [-0.4, -0.2) is 34.2 Å². The third-order valence-corrected chi connectivity index (χ3v) is 2.20. The maximum Gasteiger partial charge on any atom is 0.419 e. The van der Waals surface area contributed by atoms with Gasteiger partial charge in [0.2, 0.25) is 5.91 Å². The highest BCUT2D eigenvalue weighted by atomic mass is 16.6. The lowest BCUT2D eigenvalue weighted by Crippen LogP contribution is -2.40. The van der Waals surface area contributed by atoms with Crippen LogP contribution in [0.4, 0.5) is 4.79 Å². The Morgan fingerprint density at radius 2 is 2.53 bits per heavy atom. The van der Waals surface area contributed by atoms with E-state index < -0.39 is 6.09 Å². The lowest BCUT2D eigenvalue weighted by atomic mass is 10.1. The van der Waals surface area contributed by atoms with Crippen LogP contribution in [0.25, 0.3) is 0 Å². The maximum atomic E-state index is 11.4. The van der Waals surface area contributed by atoms with Crippen LogP contribution in [-0.2, 0) is 9.53 Å². The Morgan fingerprint density at radius 1 is 1.67 bits per heavy atom. The van der Waals surface area contributed by atoms with Gasteiger partial charge >= 0.3 is 6.09 Å². The number of rotatable bonds is 1. The predicted molar refractivity (Wildman–Crippen MR) is 50.1 cm³/mol. The van der Waals surface area contributed by atoms with Crippen molar-refractivity contribution >= 4 is 12.0 Å². The molecule has 6 heteroatoms. The number of amides is 1. The number of hydrogen-bond donors (Lipinski definition) is 1. The van der Waals surface area contributed by atoms with Crippen molar-refractivity contribution in [3.63, 3.8) is 0 Å². The molecule has 1 amide bonds. The van der Waals surface area contributed by atoms with Crippen molar-refractivity contribution in [1.29, 1.82) is 0 Å². The van der Waals surface area contributed by atoms with Gasteiger partial charge in [0.05, 0.1) is 6.54 Å². The first-order chi connectivity index (χ1) is 7.25. The Morgan fingerprint density at radius 3 is 3.13 bits per heavy atom. The summed E-state index contributed by atoms with van der Waals surface area (Å²) in [7, 11) is 0. The third-order valence-electron chi connectivity index (χ3n) is 2.20. The van der Waals surface area contributed by atoms with Gasteiger partial charge in [-0.1, -0.05) is 0 Å². The van der Waals surface area contributed by atoms with Crippen molar-refractivity contribution in [2.75, 3.05) is 6.54 Å². The fourth-order valence-corrected chi connectivity index (χ4v) is 1.38. The largest absolute Gasteiger partial charge is 0.444 e. The van der Waals surface area contributed by atoms with Gasteiger partial charge in [-0.25, -0.2) is 14.3 Å². The molecule has 1 aliphatic rings. The topological polar surface area (TPSA) is 73.2 Å². The van der Waals surface area contributed by atoms with E-state index in [9.17, 15) is 9.59 Å². The highest BCUT2D eigenvalue weighted by Gasteiger charge is 2.21. The monoisotopic (exact) mass is 209 g/mol. The number of ether oxygens (including phenoxy) is 1. The van der Waals surface area contributed by atoms with E-state index in [1.54, 1.807) is 0 Å². The molecule has 0 saturated carbocycles. The normalized spacial score (nSPS) is 20.8. The molecule has 1 atom stereocenters. The van der Waals surface area contributed by atoms with Crippen LogP contribution in [0, 0.1) is 0 Å². The van der Waals surface area contributed by atoms with Gasteiger partial charge in [-0.2, -0.15) is 0 Å². The summed E-state index contributed by atoms with van der Waals surface area (Å²) in [6.45, 7) is 0.388. The summed E-state index contributed by atoms with van der Waals surface area (Å²) in [6, 6.07) is 0. The van der Waals surface area contributed by atoms with Crippen molar-refractivity contribution < 1.29 is 14.3 Å². The fraction of sp³-hybridized carbons (Fsp3) is 0.444. The summed E-state index contributed by atoms with van der Waals surface area (Å²) >= 11 is 0. The standard InChI is InChI=1S/C9H11N3O3/c13-8-2-1-7(5-11-8)15-9(14)12-4-3-10-6-12/h3-4,6-7H,1-2,5H2,(H,11,13). The Hall–Kier alpha value is -1.85. The lowest BCUT2D eigenvalue weighted by molar-refractivity contribution is -0.124. The van der Waals surface area contributed by atoms with Gasteiger partial charge < -0.3 is 10.1 Å². The van der Waals surface area contributed by atoms with E-state index in [0.717, 1.165) is 0 Å². The minimum Gasteiger partial charge on any atom is -0.444 e. The number of hydrogen-bond acceptors (Lipinski definition) is 4. The molecule has 0 aromatic carbocycles. The van der Waals surface area contributed by atoms with Crippen molar-refractivity contribution in [1.82, 2.24) is 14.9 Å². The van der Waals surface area contributed by atoms with Gasteiger partial charge in [0.1, 0.15) is 12.4 Å². The first-order valence-electron chi connectivity index (χ1n) is 4.71. The lowest BCUT2D eigenvalue weighted by Gasteiger charge is -2.22. The van der Waals surface area contributed by atoms with Gasteiger partial charge in [0.15, 0.2) is 0 Å². The molecule has 1 aliphatic heterocycles. The number of carbonyl (C=O) groups excluding carboxylic acids is 2. The zero-order chi connectivity index (χ0) is 10.7. The molecule has 1 aromatic heterocycles. The van der Waals surface area contributed by atoms with Gasteiger partial charge in [0.25, 0.3) is 0 Å². The number of aromatic nitrogens is 2. The molecule has 1 N–H and O–H groups in total. The molecule has 0 aliphatic carbocycles. The van der Waals surface area contributed by atoms with Crippen molar-refractivity contribution in [3.8, 4) is 0 Å². The fourth-order valence-electron chi connectivity index (χ4n) is 1.38. The summed E-state index contributed by atoms with van der Waals surface area (Å²) in [4.78, 5) is 26.0. The first kappa shape index (κ1) is 9.70. The van der Waals surface area contributed by atoms with Crippen LogP contribution >= 0.6 is 0 Å². The Kier molecular flexibility index (Phi) is 2.66. The maximum absolute atomic E-state index is 11.4. The third kappa shape index (κ3) is 2.34. The average Bonchev–Trinajstić information content (AvgIpc) is 2.74. The Labute approximate surface area is 86.2 Å². The van der Waals surface area contributed by atoms with Crippen LogP contribution in [0.2, 0.25) is 0 Å². The van der Waals surface area contributed by atoms with Crippen LogP contribution in [0.15, 0.2) is 18.7 Å². The summed E-state index contributed by atoms with van der Waals surface area (Å²) in [5.74, 6) is 0.00456. The Bertz CT molecular complexity index is 351. The number of nitrogens with zero attached hydrogens (tertiary/aromatic N) is 2. The molecular weight excluding hydrogens is 198 g/mol. The second-order valence-electron chi connectivity index (χ2n) is 3.32. The number of carbonyl (C=O) groups is 2. The highest BCUT2D eigenvalue weighted by molar-refractivity contribution is 5.77. The van der Waals surface area contributed by atoms with Crippen LogP contribution in [0.5, 0.6) is 0 Å². The zero-order valence-electron chi connectivity index (χ0n) is 8.05. The van der Waals surface area contributed by atoms with E-state index in [1.807, 2.05) is 0 Å². The smallest absolute Gasteiger partial charge is 0.419 e. The molecule has 0 bridgehead atoms. The summed E-state index contributed by atoms with van der Waals surface area (Å²) in [5.41, 5.74) is 0. The van der Waals surface area contributed by atoms with E-state index in [1.165, 1.54) is 23.3 Å². The van der Waals surface area contributed by atoms with E-state index in [-0.39, 0.29) is 12.0 Å². The molecule has 1 aromatic rings. The molecule has 80 valence electrons. The summed E-state index contributed by atoms with van der Waals surface area (Å²) in [6.07, 6.45) is 4.68. The quantitative estimate of drug-likeness (QED) is 0.714.